The van der Waals surface area contributed by atoms with E-state index in [1.807, 2.05) is 0 Å². The van der Waals surface area contributed by atoms with Crippen LogP contribution < -0.4 is 0 Å². The summed E-state index contributed by atoms with van der Waals surface area (Å²) in [5.41, 5.74) is 0.765. The van der Waals surface area contributed by atoms with E-state index in [4.69, 9.17) is 0 Å². The van der Waals surface area contributed by atoms with E-state index in [0.717, 1.165) is 0 Å². The number of hydrogen-bond acceptors (Lipinski definition) is 4. The lowest BCUT2D eigenvalue weighted by atomic mass is 9.81. The van der Waals surface area contributed by atoms with Gasteiger partial charge in [0.15, 0.2) is 0 Å². The highest BCUT2D eigenvalue weighted by Crippen LogP contribution is 2.31. The Bertz CT molecular complexity index is 460. The molecule has 4 heteroatoms. The van der Waals surface area contributed by atoms with Gasteiger partial charge in [-0.3, -0.25) is 0 Å². The normalized spacial score (nSPS) is 28.1. The van der Waals surface area contributed by atoms with Gasteiger partial charge in [0, 0.05) is 6.08 Å². The first-order valence-corrected chi connectivity index (χ1v) is 6.03. The summed E-state index contributed by atoms with van der Waals surface area (Å²) >= 11 is 0. The Balaban J connectivity index is 2.97. The van der Waals surface area contributed by atoms with E-state index in [0.29, 0.717) is 16.7 Å². The molecule has 0 aromatic rings. The fourth-order valence-corrected chi connectivity index (χ4v) is 1.93. The number of ether oxygens (including phenoxy) is 1. The molecular weight excluding hydrogens is 244 g/mol. The van der Waals surface area contributed by atoms with Crippen molar-refractivity contribution in [1.82, 2.24) is 0 Å². The molecule has 0 spiro atoms. The molecule has 19 heavy (non-hydrogen) atoms. The predicted octanol–water partition coefficient (Wildman–Crippen LogP) is 1.66. The highest BCUT2D eigenvalue weighted by Gasteiger charge is 2.31. The predicted molar refractivity (Wildman–Crippen MR) is 73.4 cm³/mol. The molecule has 1 rings (SSSR count). The largest absolute Gasteiger partial charge is 0.466 e. The lowest BCUT2D eigenvalue weighted by Crippen LogP contribution is -2.33. The van der Waals surface area contributed by atoms with Gasteiger partial charge < -0.3 is 14.9 Å². The number of aliphatic hydroxyl groups is 2. The summed E-state index contributed by atoms with van der Waals surface area (Å²) in [6.07, 6.45) is 7.12. The van der Waals surface area contributed by atoms with Crippen LogP contribution in [0.4, 0.5) is 0 Å². The molecule has 0 saturated heterocycles. The number of rotatable bonds is 3. The van der Waals surface area contributed by atoms with Gasteiger partial charge in [-0.1, -0.05) is 6.08 Å². The zero-order valence-corrected chi connectivity index (χ0v) is 11.7. The highest BCUT2D eigenvalue weighted by atomic mass is 16.5. The first-order chi connectivity index (χ1) is 8.79. The number of carbonyl (C=O) groups is 1. The maximum Gasteiger partial charge on any atom is 0.330 e. The second-order valence-electron chi connectivity index (χ2n) is 4.70. The molecule has 0 aromatic carbocycles. The third-order valence-corrected chi connectivity index (χ3v) is 3.18. The topological polar surface area (TPSA) is 66.8 Å². The molecule has 0 unspecified atom stereocenters. The molecule has 0 fully saturated rings. The summed E-state index contributed by atoms with van der Waals surface area (Å²) in [5, 5.41) is 20.1. The molecule has 1 aliphatic rings. The van der Waals surface area contributed by atoms with Crippen molar-refractivity contribution in [3.8, 4) is 0 Å². The summed E-state index contributed by atoms with van der Waals surface area (Å²) in [4.78, 5) is 11.1. The van der Waals surface area contributed by atoms with Crippen LogP contribution in [0.3, 0.4) is 0 Å². The minimum atomic E-state index is -1.22. The molecule has 0 amide bonds. The Kier molecular flexibility index (Phi) is 4.86. The van der Waals surface area contributed by atoms with E-state index >= 15 is 0 Å². The Morgan fingerprint density at radius 2 is 1.89 bits per heavy atom. The molecule has 0 aliphatic heterocycles. The van der Waals surface area contributed by atoms with E-state index in [1.54, 1.807) is 45.1 Å². The molecule has 0 bridgehead atoms. The minimum absolute atomic E-state index is 0.437. The molecule has 0 radical (unpaired) electrons. The van der Waals surface area contributed by atoms with E-state index in [-0.39, 0.29) is 0 Å². The van der Waals surface area contributed by atoms with Crippen molar-refractivity contribution in [2.24, 2.45) is 0 Å². The van der Waals surface area contributed by atoms with Crippen molar-refractivity contribution in [3.05, 3.63) is 47.1 Å². The Morgan fingerprint density at radius 1 is 1.37 bits per heavy atom. The van der Waals surface area contributed by atoms with Gasteiger partial charge >= 0.3 is 5.97 Å². The van der Waals surface area contributed by atoms with Crippen LogP contribution in [-0.2, 0) is 9.53 Å². The van der Waals surface area contributed by atoms with Crippen LogP contribution in [0.5, 0.6) is 0 Å². The molecule has 0 heterocycles. The lowest BCUT2D eigenvalue weighted by Gasteiger charge is -2.31. The number of hydrogen-bond donors (Lipinski definition) is 2. The zero-order chi connectivity index (χ0) is 14.6. The number of esters is 1. The van der Waals surface area contributed by atoms with Crippen molar-refractivity contribution >= 4 is 5.97 Å². The van der Waals surface area contributed by atoms with E-state index in [2.05, 4.69) is 4.74 Å². The molecule has 4 nitrogen and oxygen atoms in total. The third kappa shape index (κ3) is 3.66. The summed E-state index contributed by atoms with van der Waals surface area (Å²) < 4.78 is 4.53. The van der Waals surface area contributed by atoms with Gasteiger partial charge in [-0.2, -0.15) is 0 Å². The smallest absolute Gasteiger partial charge is 0.330 e. The fraction of sp³-hybridized carbons (Fsp3) is 0.400. The number of carbonyl (C=O) groups excluding carboxylic acids is 1. The number of methoxy groups -OCH3 is 1. The van der Waals surface area contributed by atoms with Gasteiger partial charge in [-0.25, -0.2) is 4.79 Å². The van der Waals surface area contributed by atoms with Gasteiger partial charge in [-0.05, 0) is 55.7 Å². The Morgan fingerprint density at radius 3 is 2.37 bits per heavy atom. The molecule has 1 aliphatic carbocycles. The first-order valence-electron chi connectivity index (χ1n) is 6.03. The van der Waals surface area contributed by atoms with Crippen LogP contribution in [0.25, 0.3) is 0 Å². The van der Waals surface area contributed by atoms with E-state index < -0.39 is 17.7 Å². The lowest BCUT2D eigenvalue weighted by molar-refractivity contribution is -0.134. The van der Waals surface area contributed by atoms with E-state index in [9.17, 15) is 15.0 Å². The van der Waals surface area contributed by atoms with Crippen LogP contribution in [0.1, 0.15) is 20.8 Å². The van der Waals surface area contributed by atoms with E-state index in [1.165, 1.54) is 13.2 Å². The van der Waals surface area contributed by atoms with Crippen molar-refractivity contribution in [1.29, 1.82) is 0 Å². The van der Waals surface area contributed by atoms with Crippen LogP contribution in [0, 0.1) is 0 Å². The van der Waals surface area contributed by atoms with Gasteiger partial charge in [0.25, 0.3) is 0 Å². The average Bonchev–Trinajstić information content (AvgIpc) is 2.33. The van der Waals surface area contributed by atoms with Gasteiger partial charge in [0.2, 0.25) is 0 Å². The number of aliphatic hydroxyl groups excluding tert-OH is 1. The van der Waals surface area contributed by atoms with Gasteiger partial charge in [0.1, 0.15) is 5.60 Å². The maximum absolute atomic E-state index is 11.1. The molecule has 0 aromatic heterocycles. The minimum Gasteiger partial charge on any atom is -0.466 e. The third-order valence-electron chi connectivity index (χ3n) is 3.18. The molecular formula is C15H20O4. The Hall–Kier alpha value is -1.65. The molecule has 104 valence electrons. The number of allylic oxidation sites excluding steroid dienone is 2. The molecule has 0 saturated carbocycles. The zero-order valence-electron chi connectivity index (χ0n) is 11.7. The van der Waals surface area contributed by atoms with Crippen LogP contribution >= 0.6 is 0 Å². The molecule has 0 atom stereocenters. The van der Waals surface area contributed by atoms with Crippen molar-refractivity contribution in [2.45, 2.75) is 32.5 Å². The second-order valence-corrected chi connectivity index (χ2v) is 4.70. The monoisotopic (exact) mass is 264 g/mol. The summed E-state index contributed by atoms with van der Waals surface area (Å²) in [7, 11) is 1.31. The first kappa shape index (κ1) is 15.4. The fourth-order valence-electron chi connectivity index (χ4n) is 1.93. The maximum atomic E-state index is 11.1. The van der Waals surface area contributed by atoms with Gasteiger partial charge in [-0.15, -0.1) is 0 Å². The van der Waals surface area contributed by atoms with Gasteiger partial charge in [0.05, 0.1) is 13.2 Å². The molecule has 2 N–H and O–H groups in total. The standard InChI is InChI=1S/C15H20O4/c1-10(7-14(17)19-4)5-6-15(18)11(2)8-13(16)9-12(15)3/h5-9,13,16,18H,1-4H3/b6-5+,10-7-. The SMILES string of the molecule is COC(=O)/C=C(C)\C=C\C1(O)C(C)=CC(O)C=C1C. The van der Waals surface area contributed by atoms with Crippen LogP contribution in [0.15, 0.2) is 47.1 Å². The van der Waals surface area contributed by atoms with Crippen LogP contribution in [0.2, 0.25) is 0 Å². The van der Waals surface area contributed by atoms with Crippen molar-refractivity contribution < 1.29 is 19.7 Å². The highest BCUT2D eigenvalue weighted by molar-refractivity contribution is 5.83. The van der Waals surface area contributed by atoms with Crippen LogP contribution in [-0.4, -0.2) is 35.0 Å². The average molecular weight is 264 g/mol. The summed E-state index contributed by atoms with van der Waals surface area (Å²) in [5.74, 6) is -0.437. The summed E-state index contributed by atoms with van der Waals surface area (Å²) in [6.45, 7) is 5.25. The quantitative estimate of drug-likeness (QED) is 0.352. The van der Waals surface area contributed by atoms with Crippen molar-refractivity contribution in [3.63, 3.8) is 0 Å². The second kappa shape index (κ2) is 5.99. The van der Waals surface area contributed by atoms with Crippen molar-refractivity contribution in [2.75, 3.05) is 7.11 Å². The Labute approximate surface area is 113 Å². The summed E-state index contributed by atoms with van der Waals surface area (Å²) in [6, 6.07) is 0.